The third-order valence-corrected chi connectivity index (χ3v) is 5.29. The van der Waals surface area contributed by atoms with Crippen LogP contribution in [0.2, 0.25) is 0 Å². The number of halogens is 1. The van der Waals surface area contributed by atoms with Crippen molar-refractivity contribution in [3.63, 3.8) is 0 Å². The number of benzene rings is 2. The molecule has 0 saturated carbocycles. The van der Waals surface area contributed by atoms with Gasteiger partial charge in [-0.2, -0.15) is 0 Å². The zero-order valence-corrected chi connectivity index (χ0v) is 17.1. The number of aliphatic hydroxyl groups excluding tert-OH is 2. The number of fused-ring (bicyclic) bond motifs is 2. The first-order valence-corrected chi connectivity index (χ1v) is 10.3. The lowest BCUT2D eigenvalue weighted by molar-refractivity contribution is -0.109. The SMILES string of the molecule is O=CCC(O)CC(O)CCNc1ccc2nc(-c3cc4c(F)cccc4[nH]c3=O)[nH]c2c1. The highest BCUT2D eigenvalue weighted by atomic mass is 19.1. The van der Waals surface area contributed by atoms with Gasteiger partial charge in [-0.1, -0.05) is 6.07 Å². The highest BCUT2D eigenvalue weighted by Crippen LogP contribution is 2.24. The van der Waals surface area contributed by atoms with Gasteiger partial charge in [0, 0.05) is 24.0 Å². The minimum Gasteiger partial charge on any atom is -0.393 e. The van der Waals surface area contributed by atoms with Gasteiger partial charge in [0.05, 0.1) is 34.3 Å². The van der Waals surface area contributed by atoms with Gasteiger partial charge in [0.25, 0.3) is 5.56 Å². The van der Waals surface area contributed by atoms with Crippen molar-refractivity contribution in [2.24, 2.45) is 0 Å². The Kier molecular flexibility index (Phi) is 6.29. The molecule has 5 N–H and O–H groups in total. The summed E-state index contributed by atoms with van der Waals surface area (Å²) in [6.07, 6.45) is -0.374. The molecule has 0 saturated heterocycles. The van der Waals surface area contributed by atoms with Gasteiger partial charge in [0.1, 0.15) is 17.9 Å². The predicted molar refractivity (Wildman–Crippen MR) is 120 cm³/mol. The summed E-state index contributed by atoms with van der Waals surface area (Å²) in [5.74, 6) is -0.0911. The average molecular weight is 438 g/mol. The van der Waals surface area contributed by atoms with Gasteiger partial charge in [-0.15, -0.1) is 0 Å². The minimum atomic E-state index is -0.839. The maximum Gasteiger partial charge on any atom is 0.259 e. The molecule has 8 nitrogen and oxygen atoms in total. The Morgan fingerprint density at radius 3 is 2.75 bits per heavy atom. The number of nitrogens with one attached hydrogen (secondary N) is 3. The Bertz CT molecular complexity index is 1320. The number of imidazole rings is 1. The lowest BCUT2D eigenvalue weighted by atomic mass is 10.1. The number of carbonyl (C=O) groups excluding carboxylic acids is 1. The average Bonchev–Trinajstić information content (AvgIpc) is 3.16. The number of hydrogen-bond donors (Lipinski definition) is 5. The van der Waals surface area contributed by atoms with Crippen molar-refractivity contribution < 1.29 is 19.4 Å². The van der Waals surface area contributed by atoms with Crippen molar-refractivity contribution in [2.45, 2.75) is 31.5 Å². The zero-order chi connectivity index (χ0) is 22.7. The lowest BCUT2D eigenvalue weighted by Crippen LogP contribution is -2.20. The normalized spacial score (nSPS) is 13.3. The fourth-order valence-electron chi connectivity index (χ4n) is 3.64. The summed E-state index contributed by atoms with van der Waals surface area (Å²) in [5.41, 5.74) is 2.42. The summed E-state index contributed by atoms with van der Waals surface area (Å²) < 4.78 is 14.1. The number of H-pyrrole nitrogens is 2. The second kappa shape index (κ2) is 9.29. The molecule has 2 aromatic carbocycles. The Morgan fingerprint density at radius 2 is 1.94 bits per heavy atom. The third-order valence-electron chi connectivity index (χ3n) is 5.29. The smallest absolute Gasteiger partial charge is 0.259 e. The highest BCUT2D eigenvalue weighted by Gasteiger charge is 2.14. The highest BCUT2D eigenvalue weighted by molar-refractivity contribution is 5.86. The van der Waals surface area contributed by atoms with E-state index in [4.69, 9.17) is 0 Å². The summed E-state index contributed by atoms with van der Waals surface area (Å²) in [6, 6.07) is 11.4. The zero-order valence-electron chi connectivity index (χ0n) is 17.1. The van der Waals surface area contributed by atoms with Crippen LogP contribution in [0.15, 0.2) is 47.3 Å². The van der Waals surface area contributed by atoms with Crippen LogP contribution in [-0.4, -0.2) is 50.2 Å². The molecular formula is C23H23FN4O4. The van der Waals surface area contributed by atoms with Gasteiger partial charge in [-0.25, -0.2) is 9.37 Å². The molecule has 0 aliphatic heterocycles. The molecule has 0 amide bonds. The number of anilines is 1. The molecule has 4 rings (SSSR count). The van der Waals surface area contributed by atoms with E-state index in [1.807, 2.05) is 12.1 Å². The first-order chi connectivity index (χ1) is 15.4. The standard InChI is InChI=1S/C23H23FN4O4/c24-18-2-1-3-19-16(18)12-17(23(32)28-19)22-26-20-5-4-13(10-21(20)27-22)25-8-6-14(30)11-15(31)7-9-29/h1-5,9-10,12,14-15,25,30-31H,6-8,11H2,(H,26,27)(H,28,32). The van der Waals surface area contributed by atoms with Crippen LogP contribution in [0.4, 0.5) is 10.1 Å². The minimum absolute atomic E-state index is 0.00992. The van der Waals surface area contributed by atoms with Crippen molar-refractivity contribution in [3.05, 3.63) is 58.6 Å². The monoisotopic (exact) mass is 438 g/mol. The summed E-state index contributed by atoms with van der Waals surface area (Å²) in [5, 5.41) is 23.0. The Balaban J connectivity index is 1.50. The van der Waals surface area contributed by atoms with Crippen LogP contribution in [-0.2, 0) is 4.79 Å². The number of carbonyl (C=O) groups is 1. The van der Waals surface area contributed by atoms with Gasteiger partial charge in [0.2, 0.25) is 0 Å². The number of aldehydes is 1. The van der Waals surface area contributed by atoms with Crippen LogP contribution in [0, 0.1) is 5.82 Å². The second-order valence-corrected chi connectivity index (χ2v) is 7.69. The number of aromatic nitrogens is 3. The fourth-order valence-corrected chi connectivity index (χ4v) is 3.64. The second-order valence-electron chi connectivity index (χ2n) is 7.69. The van der Waals surface area contributed by atoms with Crippen LogP contribution in [0.3, 0.4) is 0 Å². The van der Waals surface area contributed by atoms with Gasteiger partial charge in [-0.3, -0.25) is 4.79 Å². The number of hydrogen-bond acceptors (Lipinski definition) is 6. The van der Waals surface area contributed by atoms with E-state index < -0.39 is 18.0 Å². The molecule has 0 fully saturated rings. The Labute approximate surface area is 182 Å². The van der Waals surface area contributed by atoms with E-state index >= 15 is 0 Å². The molecule has 0 spiro atoms. The molecule has 32 heavy (non-hydrogen) atoms. The molecule has 0 bridgehead atoms. The van der Waals surface area contributed by atoms with Crippen molar-refractivity contribution >= 4 is 33.9 Å². The van der Waals surface area contributed by atoms with Gasteiger partial charge < -0.3 is 30.3 Å². The van der Waals surface area contributed by atoms with Crippen molar-refractivity contribution in [1.82, 2.24) is 15.0 Å². The van der Waals surface area contributed by atoms with Gasteiger partial charge >= 0.3 is 0 Å². The number of pyridine rings is 1. The fraction of sp³-hybridized carbons (Fsp3) is 0.261. The number of aliphatic hydroxyl groups is 2. The van der Waals surface area contributed by atoms with E-state index in [1.165, 1.54) is 18.2 Å². The van der Waals surface area contributed by atoms with E-state index in [0.717, 1.165) is 5.69 Å². The van der Waals surface area contributed by atoms with Gasteiger partial charge in [0.15, 0.2) is 0 Å². The van der Waals surface area contributed by atoms with Crippen molar-refractivity contribution in [3.8, 4) is 11.4 Å². The molecule has 2 atom stereocenters. The molecule has 0 aliphatic rings. The quantitative estimate of drug-likeness (QED) is 0.255. The van der Waals surface area contributed by atoms with Crippen molar-refractivity contribution in [2.75, 3.05) is 11.9 Å². The summed E-state index contributed by atoms with van der Waals surface area (Å²) in [6.45, 7) is 0.463. The van der Waals surface area contributed by atoms with Crippen LogP contribution in [0.25, 0.3) is 33.3 Å². The molecule has 0 aliphatic carbocycles. The van der Waals surface area contributed by atoms with Crippen LogP contribution in [0.1, 0.15) is 19.3 Å². The molecular weight excluding hydrogens is 415 g/mol. The summed E-state index contributed by atoms with van der Waals surface area (Å²) in [4.78, 5) is 33.1. The third kappa shape index (κ3) is 4.68. The number of aromatic amines is 2. The van der Waals surface area contributed by atoms with E-state index in [2.05, 4.69) is 20.3 Å². The first-order valence-electron chi connectivity index (χ1n) is 10.3. The molecule has 2 unspecified atom stereocenters. The molecule has 9 heteroatoms. The van der Waals surface area contributed by atoms with Crippen molar-refractivity contribution in [1.29, 1.82) is 0 Å². The molecule has 166 valence electrons. The molecule has 2 aromatic heterocycles. The maximum atomic E-state index is 14.1. The van der Waals surface area contributed by atoms with E-state index in [1.54, 1.807) is 12.1 Å². The van der Waals surface area contributed by atoms with Gasteiger partial charge in [-0.05, 0) is 49.2 Å². The Hall–Kier alpha value is -3.56. The Morgan fingerprint density at radius 1 is 1.09 bits per heavy atom. The molecule has 2 heterocycles. The molecule has 0 radical (unpaired) electrons. The van der Waals surface area contributed by atoms with Crippen LogP contribution >= 0.6 is 0 Å². The molecule has 4 aromatic rings. The number of nitrogens with zero attached hydrogens (tertiary/aromatic N) is 1. The van der Waals surface area contributed by atoms with Crippen LogP contribution in [0.5, 0.6) is 0 Å². The topological polar surface area (TPSA) is 131 Å². The largest absolute Gasteiger partial charge is 0.393 e. The van der Waals surface area contributed by atoms with E-state index in [9.17, 15) is 24.2 Å². The summed E-state index contributed by atoms with van der Waals surface area (Å²) in [7, 11) is 0. The first kappa shape index (κ1) is 21.7. The number of rotatable bonds is 9. The van der Waals surface area contributed by atoms with Crippen LogP contribution < -0.4 is 10.9 Å². The lowest BCUT2D eigenvalue weighted by Gasteiger charge is -2.14. The maximum absolute atomic E-state index is 14.1. The van der Waals surface area contributed by atoms with E-state index in [-0.39, 0.29) is 24.0 Å². The van der Waals surface area contributed by atoms with E-state index in [0.29, 0.717) is 47.0 Å². The predicted octanol–water partition coefficient (Wildman–Crippen LogP) is 2.71. The summed E-state index contributed by atoms with van der Waals surface area (Å²) >= 11 is 0.